The van der Waals surface area contributed by atoms with Gasteiger partial charge in [-0.05, 0) is 30.6 Å². The molecule has 0 unspecified atom stereocenters. The molecule has 0 bridgehead atoms. The second kappa shape index (κ2) is 6.53. The third-order valence-corrected chi connectivity index (χ3v) is 4.09. The molecule has 4 heteroatoms. The molecule has 1 heterocycles. The maximum absolute atomic E-state index is 11.7. The van der Waals surface area contributed by atoms with Gasteiger partial charge in [-0.25, -0.2) is 0 Å². The van der Waals surface area contributed by atoms with Crippen LogP contribution in [0.2, 0.25) is 0 Å². The van der Waals surface area contributed by atoms with Crippen LogP contribution < -0.4 is 5.73 Å². The Kier molecular flexibility index (Phi) is 5.60. The van der Waals surface area contributed by atoms with Gasteiger partial charge in [0, 0.05) is 12.6 Å². The van der Waals surface area contributed by atoms with E-state index in [1.54, 1.807) is 0 Å². The highest BCUT2D eigenvalue weighted by Gasteiger charge is 2.39. The highest BCUT2D eigenvalue weighted by Crippen LogP contribution is 2.30. The van der Waals surface area contributed by atoms with Crippen LogP contribution in [-0.2, 0) is 9.53 Å². The molecule has 1 rings (SSSR count). The summed E-state index contributed by atoms with van der Waals surface area (Å²) < 4.78 is 5.38. The number of aliphatic hydroxyl groups is 1. The number of ether oxygens (including phenoxy) is 1. The second-order valence-electron chi connectivity index (χ2n) is 6.15. The summed E-state index contributed by atoms with van der Waals surface area (Å²) in [5.74, 6) is 0.729. The van der Waals surface area contributed by atoms with Crippen molar-refractivity contribution >= 4 is 5.97 Å². The number of hydrogen-bond acceptors (Lipinski definition) is 4. The summed E-state index contributed by atoms with van der Waals surface area (Å²) in [5, 5.41) is 9.32. The Morgan fingerprint density at radius 2 is 2.00 bits per heavy atom. The van der Waals surface area contributed by atoms with Crippen molar-refractivity contribution < 1.29 is 14.6 Å². The van der Waals surface area contributed by atoms with E-state index in [0.717, 1.165) is 0 Å². The minimum Gasteiger partial charge on any atom is -0.460 e. The molecular weight excluding hydrogens is 230 g/mol. The highest BCUT2D eigenvalue weighted by molar-refractivity contribution is 5.75. The lowest BCUT2D eigenvalue weighted by molar-refractivity contribution is -0.146. The van der Waals surface area contributed by atoms with Crippen molar-refractivity contribution in [3.63, 3.8) is 0 Å². The van der Waals surface area contributed by atoms with Gasteiger partial charge >= 0.3 is 5.97 Å². The van der Waals surface area contributed by atoms with Crippen LogP contribution in [0, 0.1) is 23.7 Å². The topological polar surface area (TPSA) is 72.5 Å². The Morgan fingerprint density at radius 1 is 1.39 bits per heavy atom. The molecule has 18 heavy (non-hydrogen) atoms. The third kappa shape index (κ3) is 3.69. The first-order chi connectivity index (χ1) is 8.36. The van der Waals surface area contributed by atoms with Crippen molar-refractivity contribution in [2.75, 3.05) is 6.61 Å². The number of hydrogen-bond donors (Lipinski definition) is 2. The van der Waals surface area contributed by atoms with Crippen LogP contribution in [0.25, 0.3) is 0 Å². The first-order valence-corrected chi connectivity index (χ1v) is 6.93. The SMILES string of the molecule is CC(C)[C@@H](CO)C[C@H](N)[C@@H]1C[C@@H](C(C)C)C(=O)O1. The van der Waals surface area contributed by atoms with E-state index < -0.39 is 0 Å². The van der Waals surface area contributed by atoms with Crippen molar-refractivity contribution in [2.24, 2.45) is 29.4 Å². The molecule has 0 aromatic carbocycles. The van der Waals surface area contributed by atoms with Crippen LogP contribution in [0.3, 0.4) is 0 Å². The maximum Gasteiger partial charge on any atom is 0.309 e. The average Bonchev–Trinajstić information content (AvgIpc) is 2.67. The van der Waals surface area contributed by atoms with Gasteiger partial charge in [0.15, 0.2) is 0 Å². The molecule has 0 aromatic rings. The van der Waals surface area contributed by atoms with Crippen LogP contribution in [0.1, 0.15) is 40.5 Å². The number of rotatable bonds is 6. The quantitative estimate of drug-likeness (QED) is 0.708. The van der Waals surface area contributed by atoms with E-state index in [1.165, 1.54) is 0 Å². The van der Waals surface area contributed by atoms with Gasteiger partial charge in [0.1, 0.15) is 6.10 Å². The lowest BCUT2D eigenvalue weighted by Crippen LogP contribution is -2.38. The predicted octanol–water partition coefficient (Wildman–Crippen LogP) is 1.56. The summed E-state index contributed by atoms with van der Waals surface area (Å²) in [4.78, 5) is 11.7. The van der Waals surface area contributed by atoms with Crippen LogP contribution in [0.15, 0.2) is 0 Å². The molecule has 0 spiro atoms. The molecule has 1 aliphatic heterocycles. The Balaban J connectivity index is 2.53. The van der Waals surface area contributed by atoms with E-state index >= 15 is 0 Å². The molecule has 0 radical (unpaired) electrons. The van der Waals surface area contributed by atoms with Gasteiger partial charge in [0.05, 0.1) is 5.92 Å². The van der Waals surface area contributed by atoms with Crippen molar-refractivity contribution in [1.29, 1.82) is 0 Å². The fourth-order valence-corrected chi connectivity index (χ4v) is 2.50. The fourth-order valence-electron chi connectivity index (χ4n) is 2.50. The molecule has 0 saturated carbocycles. The standard InChI is InChI=1S/C14H27NO3/c1-8(2)10(7-16)5-12(15)13-6-11(9(3)4)14(17)18-13/h8-13,16H,5-7,15H2,1-4H3/t10-,11+,12+,13+/m1/s1. The summed E-state index contributed by atoms with van der Waals surface area (Å²) >= 11 is 0. The zero-order valence-electron chi connectivity index (χ0n) is 11.9. The van der Waals surface area contributed by atoms with E-state index in [2.05, 4.69) is 13.8 Å². The van der Waals surface area contributed by atoms with Crippen LogP contribution in [-0.4, -0.2) is 29.8 Å². The largest absolute Gasteiger partial charge is 0.460 e. The highest BCUT2D eigenvalue weighted by atomic mass is 16.6. The molecule has 4 nitrogen and oxygen atoms in total. The van der Waals surface area contributed by atoms with Crippen molar-refractivity contribution in [1.82, 2.24) is 0 Å². The summed E-state index contributed by atoms with van der Waals surface area (Å²) in [6.45, 7) is 8.35. The minimum absolute atomic E-state index is 0.0207. The number of carbonyl (C=O) groups excluding carboxylic acids is 1. The second-order valence-corrected chi connectivity index (χ2v) is 6.15. The number of carbonyl (C=O) groups is 1. The van der Waals surface area contributed by atoms with Gasteiger partial charge in [-0.3, -0.25) is 4.79 Å². The van der Waals surface area contributed by atoms with E-state index in [1.807, 2.05) is 13.8 Å². The summed E-state index contributed by atoms with van der Waals surface area (Å²) in [7, 11) is 0. The number of nitrogens with two attached hydrogens (primary N) is 1. The molecule has 3 N–H and O–H groups in total. The van der Waals surface area contributed by atoms with E-state index in [9.17, 15) is 9.90 Å². The summed E-state index contributed by atoms with van der Waals surface area (Å²) in [6, 6.07) is -0.169. The lowest BCUT2D eigenvalue weighted by Gasteiger charge is -2.25. The average molecular weight is 257 g/mol. The molecule has 4 atom stereocenters. The van der Waals surface area contributed by atoms with Gasteiger partial charge in [0.25, 0.3) is 0 Å². The number of esters is 1. The third-order valence-electron chi connectivity index (χ3n) is 4.09. The molecule has 1 fully saturated rings. The predicted molar refractivity (Wildman–Crippen MR) is 70.8 cm³/mol. The number of cyclic esters (lactones) is 1. The zero-order valence-corrected chi connectivity index (χ0v) is 11.9. The van der Waals surface area contributed by atoms with Crippen molar-refractivity contribution in [3.8, 4) is 0 Å². The van der Waals surface area contributed by atoms with Crippen LogP contribution in [0.5, 0.6) is 0 Å². The van der Waals surface area contributed by atoms with Gasteiger partial charge in [0.2, 0.25) is 0 Å². The Morgan fingerprint density at radius 3 is 2.39 bits per heavy atom. The Hall–Kier alpha value is -0.610. The lowest BCUT2D eigenvalue weighted by atomic mass is 9.85. The van der Waals surface area contributed by atoms with Crippen molar-refractivity contribution in [2.45, 2.75) is 52.7 Å². The summed E-state index contributed by atoms with van der Waals surface area (Å²) in [5.41, 5.74) is 6.13. The molecule has 0 aliphatic carbocycles. The normalized spacial score (nSPS) is 27.7. The molecule has 106 valence electrons. The Bertz CT molecular complexity index is 278. The molecule has 0 amide bonds. The zero-order chi connectivity index (χ0) is 13.9. The smallest absolute Gasteiger partial charge is 0.309 e. The van der Waals surface area contributed by atoms with Gasteiger partial charge in [-0.15, -0.1) is 0 Å². The van der Waals surface area contributed by atoms with Gasteiger partial charge in [-0.1, -0.05) is 27.7 Å². The van der Waals surface area contributed by atoms with Gasteiger partial charge < -0.3 is 15.6 Å². The van der Waals surface area contributed by atoms with Crippen molar-refractivity contribution in [3.05, 3.63) is 0 Å². The monoisotopic (exact) mass is 257 g/mol. The van der Waals surface area contributed by atoms with Crippen LogP contribution in [0.4, 0.5) is 0 Å². The Labute approximate surface area is 110 Å². The first-order valence-electron chi connectivity index (χ1n) is 6.93. The van der Waals surface area contributed by atoms with E-state index in [-0.39, 0.29) is 36.6 Å². The number of aliphatic hydroxyl groups excluding tert-OH is 1. The maximum atomic E-state index is 11.7. The fraction of sp³-hybridized carbons (Fsp3) is 0.929. The van der Waals surface area contributed by atoms with E-state index in [0.29, 0.717) is 24.7 Å². The van der Waals surface area contributed by atoms with Gasteiger partial charge in [-0.2, -0.15) is 0 Å². The molecule has 1 saturated heterocycles. The minimum atomic E-state index is -0.183. The van der Waals surface area contributed by atoms with Crippen LogP contribution >= 0.6 is 0 Å². The van der Waals surface area contributed by atoms with E-state index in [4.69, 9.17) is 10.5 Å². The molecule has 0 aromatic heterocycles. The first kappa shape index (κ1) is 15.4. The summed E-state index contributed by atoms with van der Waals surface area (Å²) in [6.07, 6.45) is 1.24. The molecular formula is C14H27NO3. The molecule has 1 aliphatic rings.